The molecule has 2 N–H and O–H groups in total. The summed E-state index contributed by atoms with van der Waals surface area (Å²) in [6, 6.07) is 8.27. The SMILES string of the molecule is Cc1cccc(Nc2c(C(=O)O)cc([N+](=O)[O-])cc2[N+](=O)[O-])c1. The number of aromatic carboxylic acids is 1. The summed E-state index contributed by atoms with van der Waals surface area (Å²) in [7, 11) is 0. The van der Waals surface area contributed by atoms with Gasteiger partial charge in [-0.1, -0.05) is 12.1 Å². The van der Waals surface area contributed by atoms with Gasteiger partial charge in [-0.2, -0.15) is 0 Å². The first-order valence-corrected chi connectivity index (χ1v) is 6.33. The van der Waals surface area contributed by atoms with Gasteiger partial charge in [0.05, 0.1) is 21.5 Å². The molecule has 0 aromatic heterocycles. The Morgan fingerprint density at radius 3 is 2.35 bits per heavy atom. The summed E-state index contributed by atoms with van der Waals surface area (Å²) in [5.74, 6) is -1.51. The average molecular weight is 317 g/mol. The van der Waals surface area contributed by atoms with Gasteiger partial charge in [-0.3, -0.25) is 20.2 Å². The fraction of sp³-hybridized carbons (Fsp3) is 0.0714. The lowest BCUT2D eigenvalue weighted by Crippen LogP contribution is -2.07. The molecule has 0 atom stereocenters. The van der Waals surface area contributed by atoms with Gasteiger partial charge in [-0.25, -0.2) is 4.79 Å². The number of nitro benzene ring substituents is 2. The van der Waals surface area contributed by atoms with Crippen LogP contribution in [-0.2, 0) is 0 Å². The van der Waals surface area contributed by atoms with Gasteiger partial charge in [0.15, 0.2) is 0 Å². The lowest BCUT2D eigenvalue weighted by Gasteiger charge is -2.10. The predicted molar refractivity (Wildman–Crippen MR) is 81.2 cm³/mol. The fourth-order valence-electron chi connectivity index (χ4n) is 2.03. The number of anilines is 2. The molecule has 2 aromatic carbocycles. The zero-order valence-electron chi connectivity index (χ0n) is 11.8. The van der Waals surface area contributed by atoms with E-state index in [9.17, 15) is 30.1 Å². The third-order valence-electron chi connectivity index (χ3n) is 3.03. The summed E-state index contributed by atoms with van der Waals surface area (Å²) >= 11 is 0. The Labute approximate surface area is 129 Å². The Morgan fingerprint density at radius 1 is 1.13 bits per heavy atom. The number of carboxylic acids is 1. The predicted octanol–water partition coefficient (Wildman–Crippen LogP) is 3.25. The monoisotopic (exact) mass is 317 g/mol. The summed E-state index contributed by atoms with van der Waals surface area (Å²) in [5, 5.41) is 33.9. The highest BCUT2D eigenvalue weighted by Gasteiger charge is 2.27. The standard InChI is InChI=1S/C14H11N3O6/c1-8-3-2-4-9(5-8)15-13-11(14(18)19)6-10(16(20)21)7-12(13)17(22)23/h2-7,15H,1H3,(H,18,19). The zero-order chi connectivity index (χ0) is 17.1. The molecule has 2 rings (SSSR count). The number of carboxylic acid groups (broad SMARTS) is 1. The van der Waals surface area contributed by atoms with Crippen LogP contribution < -0.4 is 5.32 Å². The van der Waals surface area contributed by atoms with Crippen molar-refractivity contribution < 1.29 is 19.7 Å². The van der Waals surface area contributed by atoms with Crippen LogP contribution in [0.4, 0.5) is 22.7 Å². The molecule has 9 heteroatoms. The summed E-state index contributed by atoms with van der Waals surface area (Å²) in [4.78, 5) is 31.6. The Morgan fingerprint density at radius 2 is 1.83 bits per heavy atom. The largest absolute Gasteiger partial charge is 0.478 e. The van der Waals surface area contributed by atoms with E-state index in [0.29, 0.717) is 5.69 Å². The molecule has 0 aliphatic carbocycles. The maximum Gasteiger partial charge on any atom is 0.338 e. The molecule has 0 saturated heterocycles. The molecule has 0 amide bonds. The first kappa shape index (κ1) is 15.9. The van der Waals surface area contributed by atoms with Crippen molar-refractivity contribution in [3.8, 4) is 0 Å². The van der Waals surface area contributed by atoms with Crippen LogP contribution in [0.15, 0.2) is 36.4 Å². The Kier molecular flexibility index (Phi) is 4.21. The van der Waals surface area contributed by atoms with Gasteiger partial charge in [0.1, 0.15) is 5.69 Å². The molecular weight excluding hydrogens is 306 g/mol. The average Bonchev–Trinajstić information content (AvgIpc) is 2.46. The molecule has 118 valence electrons. The number of nitro groups is 2. The van der Waals surface area contributed by atoms with Crippen molar-refractivity contribution in [3.05, 3.63) is 67.8 Å². The maximum atomic E-state index is 11.3. The van der Waals surface area contributed by atoms with E-state index in [1.165, 1.54) is 0 Å². The van der Waals surface area contributed by atoms with Crippen molar-refractivity contribution in [1.82, 2.24) is 0 Å². The van der Waals surface area contributed by atoms with Gasteiger partial charge in [0, 0.05) is 11.8 Å². The Hall–Kier alpha value is -3.49. The topological polar surface area (TPSA) is 136 Å². The van der Waals surface area contributed by atoms with Crippen molar-refractivity contribution in [1.29, 1.82) is 0 Å². The minimum atomic E-state index is -1.51. The summed E-state index contributed by atoms with van der Waals surface area (Å²) in [6.45, 7) is 1.80. The van der Waals surface area contributed by atoms with Gasteiger partial charge < -0.3 is 10.4 Å². The van der Waals surface area contributed by atoms with Crippen LogP contribution in [0.3, 0.4) is 0 Å². The number of carbonyl (C=O) groups is 1. The first-order chi connectivity index (χ1) is 10.8. The number of non-ortho nitro benzene ring substituents is 1. The van der Waals surface area contributed by atoms with Crippen molar-refractivity contribution in [2.45, 2.75) is 6.92 Å². The molecule has 0 heterocycles. The van der Waals surface area contributed by atoms with Crippen LogP contribution in [0.5, 0.6) is 0 Å². The number of benzene rings is 2. The molecule has 23 heavy (non-hydrogen) atoms. The second-order valence-electron chi connectivity index (χ2n) is 4.70. The molecule has 0 unspecified atom stereocenters. The van der Waals surface area contributed by atoms with Gasteiger partial charge in [-0.05, 0) is 24.6 Å². The lowest BCUT2D eigenvalue weighted by molar-refractivity contribution is -0.393. The van der Waals surface area contributed by atoms with Crippen molar-refractivity contribution >= 4 is 28.7 Å². The van der Waals surface area contributed by atoms with Crippen molar-refractivity contribution in [2.24, 2.45) is 0 Å². The van der Waals surface area contributed by atoms with E-state index in [4.69, 9.17) is 0 Å². The first-order valence-electron chi connectivity index (χ1n) is 6.33. The minimum absolute atomic E-state index is 0.307. The number of rotatable bonds is 5. The van der Waals surface area contributed by atoms with Crippen LogP contribution in [0.1, 0.15) is 15.9 Å². The van der Waals surface area contributed by atoms with E-state index in [-0.39, 0.29) is 5.69 Å². The van der Waals surface area contributed by atoms with E-state index in [1.54, 1.807) is 31.2 Å². The lowest BCUT2D eigenvalue weighted by atomic mass is 10.1. The van der Waals surface area contributed by atoms with Gasteiger partial charge in [0.25, 0.3) is 11.4 Å². The number of nitrogens with one attached hydrogen (secondary N) is 1. The minimum Gasteiger partial charge on any atom is -0.478 e. The highest BCUT2D eigenvalue weighted by Crippen LogP contribution is 2.35. The zero-order valence-corrected chi connectivity index (χ0v) is 11.8. The van der Waals surface area contributed by atoms with E-state index >= 15 is 0 Å². The number of aryl methyl sites for hydroxylation is 1. The van der Waals surface area contributed by atoms with Crippen LogP contribution in [0, 0.1) is 27.2 Å². The molecule has 0 spiro atoms. The fourth-order valence-corrected chi connectivity index (χ4v) is 2.03. The second kappa shape index (κ2) is 6.10. The van der Waals surface area contributed by atoms with Gasteiger partial charge in [-0.15, -0.1) is 0 Å². The summed E-state index contributed by atoms with van der Waals surface area (Å²) in [6.07, 6.45) is 0. The number of hydrogen-bond donors (Lipinski definition) is 2. The molecule has 2 aromatic rings. The molecule has 0 aliphatic rings. The molecule has 9 nitrogen and oxygen atoms in total. The van der Waals surface area contributed by atoms with E-state index in [0.717, 1.165) is 17.7 Å². The Bertz CT molecular complexity index is 783. The van der Waals surface area contributed by atoms with Crippen LogP contribution >= 0.6 is 0 Å². The van der Waals surface area contributed by atoms with E-state index in [1.807, 2.05) is 0 Å². The summed E-state index contributed by atoms with van der Waals surface area (Å²) in [5.41, 5.74) is -0.908. The van der Waals surface area contributed by atoms with Crippen LogP contribution in [0.25, 0.3) is 0 Å². The second-order valence-corrected chi connectivity index (χ2v) is 4.70. The van der Waals surface area contributed by atoms with Crippen LogP contribution in [0.2, 0.25) is 0 Å². The van der Waals surface area contributed by atoms with E-state index in [2.05, 4.69) is 5.32 Å². The highest BCUT2D eigenvalue weighted by atomic mass is 16.6. The van der Waals surface area contributed by atoms with Gasteiger partial charge >= 0.3 is 5.97 Å². The maximum absolute atomic E-state index is 11.3. The smallest absolute Gasteiger partial charge is 0.338 e. The third-order valence-corrected chi connectivity index (χ3v) is 3.03. The van der Waals surface area contributed by atoms with Crippen LogP contribution in [-0.4, -0.2) is 20.9 Å². The van der Waals surface area contributed by atoms with E-state index < -0.39 is 32.8 Å². The third kappa shape index (κ3) is 3.40. The Balaban J connectivity index is 2.66. The molecule has 0 saturated carbocycles. The quantitative estimate of drug-likeness (QED) is 0.638. The normalized spacial score (nSPS) is 10.1. The molecule has 0 aliphatic heterocycles. The molecular formula is C14H11N3O6. The molecule has 0 radical (unpaired) electrons. The van der Waals surface area contributed by atoms with Crippen molar-refractivity contribution in [3.63, 3.8) is 0 Å². The molecule has 0 fully saturated rings. The molecule has 0 bridgehead atoms. The number of nitrogens with zero attached hydrogens (tertiary/aromatic N) is 2. The van der Waals surface area contributed by atoms with Gasteiger partial charge in [0.2, 0.25) is 0 Å². The van der Waals surface area contributed by atoms with Crippen molar-refractivity contribution in [2.75, 3.05) is 5.32 Å². The highest BCUT2D eigenvalue weighted by molar-refractivity contribution is 5.99. The summed E-state index contributed by atoms with van der Waals surface area (Å²) < 4.78 is 0. The number of hydrogen-bond acceptors (Lipinski definition) is 6.